The van der Waals surface area contributed by atoms with E-state index >= 15 is 0 Å². The predicted octanol–water partition coefficient (Wildman–Crippen LogP) is 3.46. The number of thiazole rings is 1. The van der Waals surface area contributed by atoms with E-state index in [9.17, 15) is 9.59 Å². The summed E-state index contributed by atoms with van der Waals surface area (Å²) in [6.07, 6.45) is 0. The van der Waals surface area contributed by atoms with E-state index in [0.717, 1.165) is 5.69 Å². The third kappa shape index (κ3) is 5.55. The number of hydrogen-bond donors (Lipinski definition) is 2. The largest absolute Gasteiger partial charge is 0.342 e. The molecule has 11 heteroatoms. The van der Waals surface area contributed by atoms with Crippen LogP contribution in [0.25, 0.3) is 0 Å². The second-order valence-electron chi connectivity index (χ2n) is 6.23. The number of anilines is 1. The minimum atomic E-state index is -0.364. The fourth-order valence-electron chi connectivity index (χ4n) is 2.47. The third-order valence-electron chi connectivity index (χ3n) is 3.91. The zero-order valence-electron chi connectivity index (χ0n) is 16.0. The van der Waals surface area contributed by atoms with Gasteiger partial charge in [0, 0.05) is 23.0 Å². The number of carbonyl (C=O) groups is 2. The predicted molar refractivity (Wildman–Crippen MR) is 115 cm³/mol. The summed E-state index contributed by atoms with van der Waals surface area (Å²) in [7, 11) is 1.80. The Morgan fingerprint density at radius 2 is 2.00 bits per heavy atom. The maximum absolute atomic E-state index is 12.4. The van der Waals surface area contributed by atoms with Crippen LogP contribution in [0, 0.1) is 6.92 Å². The Labute approximate surface area is 181 Å². The number of amides is 2. The second-order valence-corrected chi connectivity index (χ2v) is 8.47. The van der Waals surface area contributed by atoms with Crippen LogP contribution in [0.5, 0.6) is 0 Å². The van der Waals surface area contributed by atoms with Gasteiger partial charge in [0.1, 0.15) is 0 Å². The first-order valence-electron chi connectivity index (χ1n) is 8.64. The molecule has 29 heavy (non-hydrogen) atoms. The highest BCUT2D eigenvalue weighted by Crippen LogP contribution is 2.21. The highest BCUT2D eigenvalue weighted by Gasteiger charge is 2.19. The SMILES string of the molecule is Cc1csc(NC(=O)CSc2nnc(C(C)NC(=O)c3ccc(Cl)cc3)n2C)n1. The van der Waals surface area contributed by atoms with Crippen molar-refractivity contribution in [1.82, 2.24) is 25.1 Å². The zero-order valence-corrected chi connectivity index (χ0v) is 18.4. The second kappa shape index (κ2) is 9.38. The first-order chi connectivity index (χ1) is 13.8. The van der Waals surface area contributed by atoms with Crippen LogP contribution in [0.3, 0.4) is 0 Å². The number of aromatic nitrogens is 4. The van der Waals surface area contributed by atoms with E-state index in [1.807, 2.05) is 19.2 Å². The van der Waals surface area contributed by atoms with Crippen LogP contribution < -0.4 is 10.6 Å². The minimum Gasteiger partial charge on any atom is -0.342 e. The molecule has 0 aliphatic rings. The Morgan fingerprint density at radius 3 is 2.66 bits per heavy atom. The molecule has 0 aliphatic heterocycles. The molecule has 0 aliphatic carbocycles. The first-order valence-corrected chi connectivity index (χ1v) is 10.9. The summed E-state index contributed by atoms with van der Waals surface area (Å²) in [5.74, 6) is 0.365. The maximum atomic E-state index is 12.4. The van der Waals surface area contributed by atoms with E-state index in [2.05, 4.69) is 25.8 Å². The van der Waals surface area contributed by atoms with Gasteiger partial charge in [-0.2, -0.15) is 0 Å². The van der Waals surface area contributed by atoms with Crippen molar-refractivity contribution >= 4 is 51.6 Å². The van der Waals surface area contributed by atoms with E-state index in [1.54, 1.807) is 35.9 Å². The summed E-state index contributed by atoms with van der Waals surface area (Å²) in [4.78, 5) is 28.7. The molecule has 1 aromatic carbocycles. The smallest absolute Gasteiger partial charge is 0.251 e. The quantitative estimate of drug-likeness (QED) is 0.534. The molecule has 0 fully saturated rings. The van der Waals surface area contributed by atoms with Crippen LogP contribution in [0.2, 0.25) is 5.02 Å². The van der Waals surface area contributed by atoms with Crippen molar-refractivity contribution in [2.24, 2.45) is 7.05 Å². The summed E-state index contributed by atoms with van der Waals surface area (Å²) < 4.78 is 1.76. The number of halogens is 1. The number of carbonyl (C=O) groups excluding carboxylic acids is 2. The highest BCUT2D eigenvalue weighted by molar-refractivity contribution is 7.99. The van der Waals surface area contributed by atoms with E-state index in [4.69, 9.17) is 11.6 Å². The molecule has 2 aromatic heterocycles. The average molecular weight is 451 g/mol. The molecule has 0 spiro atoms. The molecule has 2 heterocycles. The van der Waals surface area contributed by atoms with Gasteiger partial charge in [-0.1, -0.05) is 23.4 Å². The molecule has 0 saturated heterocycles. The van der Waals surface area contributed by atoms with Gasteiger partial charge in [0.05, 0.1) is 17.5 Å². The van der Waals surface area contributed by atoms with Crippen molar-refractivity contribution in [3.8, 4) is 0 Å². The molecule has 152 valence electrons. The van der Waals surface area contributed by atoms with Crippen LogP contribution >= 0.6 is 34.7 Å². The van der Waals surface area contributed by atoms with E-state index in [0.29, 0.717) is 26.7 Å². The number of benzene rings is 1. The number of nitrogens with zero attached hydrogens (tertiary/aromatic N) is 4. The molecule has 0 radical (unpaired) electrons. The first kappa shape index (κ1) is 21.3. The fraction of sp³-hybridized carbons (Fsp3) is 0.278. The van der Waals surface area contributed by atoms with E-state index in [-0.39, 0.29) is 23.6 Å². The summed E-state index contributed by atoms with van der Waals surface area (Å²) in [6.45, 7) is 3.69. The molecule has 1 unspecified atom stereocenters. The maximum Gasteiger partial charge on any atom is 0.251 e. The van der Waals surface area contributed by atoms with Crippen LogP contribution in [-0.2, 0) is 11.8 Å². The lowest BCUT2D eigenvalue weighted by molar-refractivity contribution is -0.113. The molecule has 2 amide bonds. The Balaban J connectivity index is 1.57. The van der Waals surface area contributed by atoms with Crippen LogP contribution in [0.15, 0.2) is 34.8 Å². The lowest BCUT2D eigenvalue weighted by atomic mass is 10.2. The van der Waals surface area contributed by atoms with Crippen LogP contribution in [0.4, 0.5) is 5.13 Å². The van der Waals surface area contributed by atoms with Crippen molar-refractivity contribution in [2.45, 2.75) is 25.0 Å². The Morgan fingerprint density at radius 1 is 1.28 bits per heavy atom. The number of thioether (sulfide) groups is 1. The van der Waals surface area contributed by atoms with Gasteiger partial charge in [-0.05, 0) is 38.1 Å². The Kier molecular flexibility index (Phi) is 6.88. The van der Waals surface area contributed by atoms with Crippen molar-refractivity contribution in [2.75, 3.05) is 11.1 Å². The lowest BCUT2D eigenvalue weighted by Crippen LogP contribution is -2.28. The Bertz CT molecular complexity index is 1020. The molecular weight excluding hydrogens is 432 g/mol. The van der Waals surface area contributed by atoms with Crippen molar-refractivity contribution in [3.05, 3.63) is 51.7 Å². The average Bonchev–Trinajstić information content (AvgIpc) is 3.25. The highest BCUT2D eigenvalue weighted by atomic mass is 35.5. The van der Waals surface area contributed by atoms with E-state index < -0.39 is 0 Å². The summed E-state index contributed by atoms with van der Waals surface area (Å²) in [6, 6.07) is 6.28. The standard InChI is InChI=1S/C18H19ClN6O2S2/c1-10-8-28-17(20-10)22-14(26)9-29-18-24-23-15(25(18)3)11(2)21-16(27)12-4-6-13(19)7-5-12/h4-8,11H,9H2,1-3H3,(H,21,27)(H,20,22,26). The van der Waals surface area contributed by atoms with Crippen molar-refractivity contribution in [3.63, 3.8) is 0 Å². The third-order valence-corrected chi connectivity index (χ3v) is 6.06. The molecule has 0 bridgehead atoms. The normalized spacial score (nSPS) is 11.9. The molecule has 1 atom stereocenters. The minimum absolute atomic E-state index is 0.169. The summed E-state index contributed by atoms with van der Waals surface area (Å²) in [5.41, 5.74) is 1.37. The monoisotopic (exact) mass is 450 g/mol. The lowest BCUT2D eigenvalue weighted by Gasteiger charge is -2.13. The van der Waals surface area contributed by atoms with Gasteiger partial charge in [0.25, 0.3) is 5.91 Å². The zero-order chi connectivity index (χ0) is 21.0. The van der Waals surface area contributed by atoms with Crippen molar-refractivity contribution in [1.29, 1.82) is 0 Å². The summed E-state index contributed by atoms with van der Waals surface area (Å²) >= 11 is 8.50. The number of hydrogen-bond acceptors (Lipinski definition) is 7. The van der Waals surface area contributed by atoms with E-state index in [1.165, 1.54) is 23.1 Å². The number of nitrogens with one attached hydrogen (secondary N) is 2. The number of rotatable bonds is 7. The molecule has 0 saturated carbocycles. The van der Waals surface area contributed by atoms with Gasteiger partial charge in [0.15, 0.2) is 16.1 Å². The Hall–Kier alpha value is -2.43. The summed E-state index contributed by atoms with van der Waals surface area (Å²) in [5, 5.41) is 17.5. The van der Waals surface area contributed by atoms with Crippen molar-refractivity contribution < 1.29 is 9.59 Å². The van der Waals surface area contributed by atoms with Gasteiger partial charge in [-0.3, -0.25) is 9.59 Å². The van der Waals surface area contributed by atoms with Gasteiger partial charge >= 0.3 is 0 Å². The van der Waals surface area contributed by atoms with Gasteiger partial charge in [-0.15, -0.1) is 21.5 Å². The topological polar surface area (TPSA) is 102 Å². The molecule has 3 rings (SSSR count). The molecule has 3 aromatic rings. The van der Waals surface area contributed by atoms with Crippen LogP contribution in [-0.4, -0.2) is 37.3 Å². The van der Waals surface area contributed by atoms with Crippen LogP contribution in [0.1, 0.15) is 34.8 Å². The fourth-order valence-corrected chi connectivity index (χ4v) is 4.02. The number of aryl methyl sites for hydroxylation is 1. The van der Waals surface area contributed by atoms with Gasteiger partial charge in [-0.25, -0.2) is 4.98 Å². The van der Waals surface area contributed by atoms with Gasteiger partial charge < -0.3 is 15.2 Å². The molecule has 2 N–H and O–H groups in total. The van der Waals surface area contributed by atoms with Gasteiger partial charge in [0.2, 0.25) is 5.91 Å². The molecule has 8 nitrogen and oxygen atoms in total. The molecular formula is C18H19ClN6O2S2.